The number of amides is 3. The van der Waals surface area contributed by atoms with E-state index in [2.05, 4.69) is 5.32 Å². The molecule has 1 unspecified atom stereocenters. The quantitative estimate of drug-likeness (QED) is 0.269. The maximum absolute atomic E-state index is 14.2. The number of allylic oxidation sites excluding steroid dienone is 3. The first kappa shape index (κ1) is 42.4. The molecule has 2 fully saturated rings. The highest BCUT2D eigenvalue weighted by atomic mass is 35.5. The number of benzene rings is 1. The van der Waals surface area contributed by atoms with Crippen molar-refractivity contribution in [1.82, 2.24) is 10.2 Å². The van der Waals surface area contributed by atoms with Crippen molar-refractivity contribution in [1.29, 1.82) is 0 Å². The summed E-state index contributed by atoms with van der Waals surface area (Å²) in [6, 6.07) is 2.62. The third kappa shape index (κ3) is 9.16. The molecule has 0 saturated carbocycles. The number of likely N-dealkylation sites (N-methyl/N-ethyl adjacent to an activating group) is 1. The van der Waals surface area contributed by atoms with Crippen molar-refractivity contribution >= 4 is 52.9 Å². The maximum Gasteiger partial charge on any atom is 0.410 e. The number of ether oxygens (including phenoxy) is 5. The number of carbonyl (C=O) groups excluding carboxylic acids is 4. The fourth-order valence-electron chi connectivity index (χ4n) is 7.02. The van der Waals surface area contributed by atoms with Crippen molar-refractivity contribution in [2.75, 3.05) is 39.5 Å². The molecule has 4 rings (SSSR count). The van der Waals surface area contributed by atoms with E-state index in [1.54, 1.807) is 70.9 Å². The van der Waals surface area contributed by atoms with E-state index in [-0.39, 0.29) is 35.4 Å². The molecule has 2 saturated heterocycles. The van der Waals surface area contributed by atoms with Gasteiger partial charge in [0.2, 0.25) is 11.8 Å². The van der Waals surface area contributed by atoms with Crippen molar-refractivity contribution in [3.05, 3.63) is 46.5 Å². The van der Waals surface area contributed by atoms with E-state index in [1.165, 1.54) is 24.0 Å². The maximum atomic E-state index is 14.2. The molecule has 1 aromatic rings. The second-order valence-electron chi connectivity index (χ2n) is 14.8. The molecule has 2 N–H and O–H groups in total. The number of nitrogens with zero attached hydrogens (tertiary/aromatic N) is 2. The summed E-state index contributed by atoms with van der Waals surface area (Å²) in [6.07, 6.45) is 3.86. The molecule has 1 aromatic carbocycles. The number of hydrogen-bond acceptors (Lipinski definition) is 11. The Morgan fingerprint density at radius 3 is 2.53 bits per heavy atom. The Bertz CT molecular complexity index is 1640. The number of esters is 1. The molecular weight excluding hydrogens is 726 g/mol. The van der Waals surface area contributed by atoms with Gasteiger partial charge in [-0.2, -0.15) is 11.8 Å². The number of nitrogens with one attached hydrogen (secondary N) is 1. The molecule has 13 nitrogen and oxygen atoms in total. The lowest BCUT2D eigenvalue weighted by atomic mass is 9.75. The molecule has 3 amide bonds. The van der Waals surface area contributed by atoms with Gasteiger partial charge in [0.15, 0.2) is 5.72 Å². The Morgan fingerprint density at radius 2 is 1.91 bits per heavy atom. The minimum Gasteiger partial charge on any atom is -0.495 e. The van der Waals surface area contributed by atoms with Crippen LogP contribution >= 0.6 is 23.4 Å². The Kier molecular flexibility index (Phi) is 13.3. The number of anilines is 1. The Morgan fingerprint density at radius 1 is 1.23 bits per heavy atom. The van der Waals surface area contributed by atoms with Gasteiger partial charge in [0.1, 0.15) is 40.2 Å². The van der Waals surface area contributed by atoms with E-state index in [9.17, 15) is 24.3 Å². The fraction of sp³-hybridized carbons (Fsp3) is 0.632. The Hall–Kier alpha value is -3.30. The predicted molar refractivity (Wildman–Crippen MR) is 203 cm³/mol. The number of aliphatic hydroxyl groups is 1. The molecule has 9 atom stereocenters. The van der Waals surface area contributed by atoms with Crippen molar-refractivity contribution in [3.8, 4) is 5.75 Å². The number of halogens is 1. The summed E-state index contributed by atoms with van der Waals surface area (Å²) < 4.78 is 29.5. The molecule has 15 heteroatoms. The van der Waals surface area contributed by atoms with Gasteiger partial charge in [-0.3, -0.25) is 14.9 Å². The number of epoxide rings is 1. The predicted octanol–water partition coefficient (Wildman–Crippen LogP) is 5.05. The average molecular weight is 780 g/mol. The SMILES string of the molecule is COc1cc2cc(c1Cl)N(C)C(=O)C[C@H](OC(=O)[C@H](C)N(C)C(=O)CC(C)SC)[C@]1(C)O[C@H]1[C@H](C)[C@]1(C)C[C@@](O)(NC(=O)O1)[C@H](OC)/C=C/C=C(\C)C2. The zero-order valence-electron chi connectivity index (χ0n) is 32.5. The van der Waals surface area contributed by atoms with Gasteiger partial charge in [-0.25, -0.2) is 9.59 Å². The van der Waals surface area contributed by atoms with E-state index in [4.69, 9.17) is 35.3 Å². The largest absolute Gasteiger partial charge is 0.495 e. The summed E-state index contributed by atoms with van der Waals surface area (Å²) in [7, 11) is 6.05. The van der Waals surface area contributed by atoms with Gasteiger partial charge in [0.05, 0.1) is 25.3 Å². The van der Waals surface area contributed by atoms with Gasteiger partial charge in [-0.1, -0.05) is 49.2 Å². The van der Waals surface area contributed by atoms with Crippen molar-refractivity contribution in [2.24, 2.45) is 5.92 Å². The van der Waals surface area contributed by atoms with Crippen LogP contribution in [0.25, 0.3) is 0 Å². The molecular formula is C38H54ClN3O10S. The van der Waals surface area contributed by atoms with E-state index < -0.39 is 65.2 Å². The van der Waals surface area contributed by atoms with Crippen molar-refractivity contribution in [2.45, 2.75) is 114 Å². The lowest BCUT2D eigenvalue weighted by molar-refractivity contribution is -0.173. The smallest absolute Gasteiger partial charge is 0.410 e. The molecule has 3 aliphatic rings. The Balaban J connectivity index is 1.79. The second kappa shape index (κ2) is 16.6. The summed E-state index contributed by atoms with van der Waals surface area (Å²) in [5, 5.41) is 14.7. The number of rotatable bonds is 8. The third-order valence-electron chi connectivity index (χ3n) is 10.9. The highest BCUT2D eigenvalue weighted by molar-refractivity contribution is 7.99. The standard InChI is InChI=1S/C38H54ClN3O10S/c1-21-13-12-14-28(49-10)38(47)20-36(5,52-35(46)40-38)23(3)33-37(6,51-33)29(50-34(45)24(4)41(7)30(43)16-22(2)53-11)19-31(44)42(8)26-17-25(15-21)18-27(48-9)32(26)39/h12-14,17-18,22-24,28-29,33,47H,15-16,19-20H2,1-11H3,(H,40,46)/b14-12+,21-13+/t22?,23-,24-,28+,29-,33-,36-,37-,38-/m0/s1. The summed E-state index contributed by atoms with van der Waals surface area (Å²) in [6.45, 7) is 10.7. The molecule has 3 heterocycles. The van der Waals surface area contributed by atoms with Crippen molar-refractivity contribution in [3.63, 3.8) is 0 Å². The van der Waals surface area contributed by atoms with Crippen LogP contribution in [0.4, 0.5) is 10.5 Å². The van der Waals surface area contributed by atoms with E-state index in [0.717, 1.165) is 11.1 Å². The summed E-state index contributed by atoms with van der Waals surface area (Å²) in [4.78, 5) is 56.7. The van der Waals surface area contributed by atoms with Crippen LogP contribution in [-0.4, -0.2) is 115 Å². The number of methoxy groups -OCH3 is 2. The second-order valence-corrected chi connectivity index (χ2v) is 16.5. The molecule has 0 spiro atoms. The van der Waals surface area contributed by atoms with Crippen LogP contribution in [0.2, 0.25) is 5.02 Å². The highest BCUT2D eigenvalue weighted by Gasteiger charge is 2.67. The number of alkyl carbamates (subject to hydrolysis) is 1. The fourth-order valence-corrected chi connectivity index (χ4v) is 7.64. The highest BCUT2D eigenvalue weighted by Crippen LogP contribution is 2.52. The molecule has 0 aliphatic carbocycles. The first-order chi connectivity index (χ1) is 24.7. The van der Waals surface area contributed by atoms with Crippen LogP contribution in [-0.2, 0) is 39.8 Å². The van der Waals surface area contributed by atoms with Crippen LogP contribution in [0.1, 0.15) is 66.4 Å². The van der Waals surface area contributed by atoms with Crippen molar-refractivity contribution < 1.29 is 48.0 Å². The van der Waals surface area contributed by atoms with Gasteiger partial charge in [0.25, 0.3) is 0 Å². The van der Waals surface area contributed by atoms with E-state index in [0.29, 0.717) is 17.9 Å². The topological polar surface area (TPSA) is 156 Å². The number of hydrogen-bond donors (Lipinski definition) is 2. The average Bonchev–Trinajstić information content (AvgIpc) is 3.79. The lowest BCUT2D eigenvalue weighted by Crippen LogP contribution is -2.67. The van der Waals surface area contributed by atoms with Crippen LogP contribution in [0.15, 0.2) is 35.9 Å². The van der Waals surface area contributed by atoms with Crippen LogP contribution in [0.3, 0.4) is 0 Å². The normalized spacial score (nSPS) is 33.2. The zero-order chi connectivity index (χ0) is 39.6. The van der Waals surface area contributed by atoms with Crippen LogP contribution in [0.5, 0.6) is 5.75 Å². The lowest BCUT2D eigenvalue weighted by Gasteiger charge is -2.47. The Labute approximate surface area is 321 Å². The number of fused-ring (bicyclic) bond motifs is 5. The molecule has 0 aromatic heterocycles. The van der Waals surface area contributed by atoms with Gasteiger partial charge < -0.3 is 38.6 Å². The molecule has 0 radical (unpaired) electrons. The number of carbonyl (C=O) groups is 4. The van der Waals surface area contributed by atoms with E-state index >= 15 is 0 Å². The first-order valence-corrected chi connectivity index (χ1v) is 19.3. The van der Waals surface area contributed by atoms with E-state index in [1.807, 2.05) is 33.1 Å². The summed E-state index contributed by atoms with van der Waals surface area (Å²) in [5.74, 6) is -1.57. The summed E-state index contributed by atoms with van der Waals surface area (Å²) >= 11 is 8.32. The van der Waals surface area contributed by atoms with Gasteiger partial charge >= 0.3 is 12.1 Å². The summed E-state index contributed by atoms with van der Waals surface area (Å²) in [5.41, 5.74) is -2.24. The molecule has 4 bridgehead atoms. The van der Waals surface area contributed by atoms with Gasteiger partial charge in [-0.15, -0.1) is 0 Å². The van der Waals surface area contributed by atoms with Crippen LogP contribution < -0.4 is 15.0 Å². The van der Waals surface area contributed by atoms with Crippen LogP contribution in [0, 0.1) is 5.92 Å². The van der Waals surface area contributed by atoms with Gasteiger partial charge in [-0.05, 0) is 58.1 Å². The van der Waals surface area contributed by atoms with Gasteiger partial charge in [0, 0.05) is 45.2 Å². The third-order valence-corrected chi connectivity index (χ3v) is 12.3. The minimum absolute atomic E-state index is 0.0516. The molecule has 294 valence electrons. The molecule has 3 aliphatic heterocycles. The zero-order valence-corrected chi connectivity index (χ0v) is 34.1. The minimum atomic E-state index is -1.86. The molecule has 53 heavy (non-hydrogen) atoms. The number of thioether (sulfide) groups is 1. The monoisotopic (exact) mass is 779 g/mol. The first-order valence-electron chi connectivity index (χ1n) is 17.6.